The number of carbonyl (C=O) groups excluding carboxylic acids is 1. The van der Waals surface area contributed by atoms with E-state index in [0.29, 0.717) is 18.0 Å². The van der Waals surface area contributed by atoms with Crippen molar-refractivity contribution in [2.45, 2.75) is 31.3 Å². The molecule has 2 aliphatic rings. The molecule has 0 spiro atoms. The molecule has 2 aromatic carbocycles. The Labute approximate surface area is 152 Å². The third kappa shape index (κ3) is 3.52. The van der Waals surface area contributed by atoms with Gasteiger partial charge in [-0.25, -0.2) is 4.39 Å². The van der Waals surface area contributed by atoms with Crippen molar-refractivity contribution in [3.05, 3.63) is 59.9 Å². The fraction of sp³-hybridized carbons (Fsp3) is 0.381. The van der Waals surface area contributed by atoms with E-state index in [-0.39, 0.29) is 24.2 Å². The molecule has 2 heterocycles. The van der Waals surface area contributed by atoms with Gasteiger partial charge in [-0.15, -0.1) is 0 Å². The van der Waals surface area contributed by atoms with Gasteiger partial charge in [0.05, 0.1) is 0 Å². The van der Waals surface area contributed by atoms with Crippen molar-refractivity contribution in [2.24, 2.45) is 0 Å². The minimum Gasteiger partial charge on any atom is -0.485 e. The number of hydrogen-bond acceptors (Lipinski definition) is 3. The van der Waals surface area contributed by atoms with Crippen molar-refractivity contribution < 1.29 is 18.7 Å². The van der Waals surface area contributed by atoms with E-state index < -0.39 is 6.10 Å². The van der Waals surface area contributed by atoms with Gasteiger partial charge in [-0.1, -0.05) is 30.7 Å². The highest BCUT2D eigenvalue weighted by atomic mass is 19.1. The summed E-state index contributed by atoms with van der Waals surface area (Å²) >= 11 is 0. The van der Waals surface area contributed by atoms with Crippen LogP contribution in [0.4, 0.5) is 4.39 Å². The predicted octanol–water partition coefficient (Wildman–Crippen LogP) is 3.76. The first-order chi connectivity index (χ1) is 12.7. The molecule has 1 saturated heterocycles. The van der Waals surface area contributed by atoms with Gasteiger partial charge < -0.3 is 14.4 Å². The molecule has 4 nitrogen and oxygen atoms in total. The summed E-state index contributed by atoms with van der Waals surface area (Å²) in [5, 5.41) is 0. The number of carbonyl (C=O) groups is 1. The van der Waals surface area contributed by atoms with Crippen LogP contribution in [0.15, 0.2) is 48.5 Å². The zero-order valence-corrected chi connectivity index (χ0v) is 14.6. The second-order valence-electron chi connectivity index (χ2n) is 6.89. The number of likely N-dealkylation sites (tertiary alicyclic amines) is 1. The van der Waals surface area contributed by atoms with Crippen LogP contribution < -0.4 is 9.47 Å². The molecule has 2 atom stereocenters. The lowest BCUT2D eigenvalue weighted by atomic mass is 9.94. The smallest absolute Gasteiger partial charge is 0.267 e. The zero-order valence-electron chi connectivity index (χ0n) is 14.6. The first-order valence-corrected chi connectivity index (χ1v) is 9.13. The molecule has 0 aliphatic carbocycles. The molecule has 2 aromatic rings. The number of hydrogen-bond donors (Lipinski definition) is 0. The number of para-hydroxylation sites is 2. The van der Waals surface area contributed by atoms with Crippen molar-refractivity contribution in [1.82, 2.24) is 4.90 Å². The van der Waals surface area contributed by atoms with E-state index in [2.05, 4.69) is 0 Å². The highest BCUT2D eigenvalue weighted by Crippen LogP contribution is 2.32. The van der Waals surface area contributed by atoms with Crippen LogP contribution in [0.25, 0.3) is 0 Å². The zero-order chi connectivity index (χ0) is 17.9. The van der Waals surface area contributed by atoms with E-state index in [9.17, 15) is 9.18 Å². The number of fused-ring (bicyclic) bond motifs is 1. The van der Waals surface area contributed by atoms with Gasteiger partial charge in [-0.05, 0) is 42.7 Å². The lowest BCUT2D eigenvalue weighted by molar-refractivity contribution is -0.141. The summed E-state index contributed by atoms with van der Waals surface area (Å²) in [5.41, 5.74) is 1.08. The molecule has 0 saturated carbocycles. The summed E-state index contributed by atoms with van der Waals surface area (Å²) < 4.78 is 24.8. The van der Waals surface area contributed by atoms with Gasteiger partial charge in [-0.3, -0.25) is 4.79 Å². The fourth-order valence-corrected chi connectivity index (χ4v) is 3.69. The number of benzene rings is 2. The van der Waals surface area contributed by atoms with Gasteiger partial charge >= 0.3 is 0 Å². The highest BCUT2D eigenvalue weighted by molar-refractivity contribution is 5.82. The molecule has 2 unspecified atom stereocenters. The van der Waals surface area contributed by atoms with E-state index in [0.717, 1.165) is 31.4 Å². The third-order valence-electron chi connectivity index (χ3n) is 5.11. The standard InChI is InChI=1S/C21H22FNO3/c22-17-10-8-15(9-11-17)16-5-3-4-12-23(13-16)21(24)20-14-25-18-6-1-2-7-19(18)26-20/h1-2,6-11,16,20H,3-5,12-14H2. The topological polar surface area (TPSA) is 38.8 Å². The van der Waals surface area contributed by atoms with Crippen LogP contribution in [0.2, 0.25) is 0 Å². The summed E-state index contributed by atoms with van der Waals surface area (Å²) in [6, 6.07) is 14.0. The van der Waals surface area contributed by atoms with Crippen molar-refractivity contribution in [3.8, 4) is 11.5 Å². The molecule has 5 heteroatoms. The Hall–Kier alpha value is -2.56. The fourth-order valence-electron chi connectivity index (χ4n) is 3.69. The number of ether oxygens (including phenoxy) is 2. The Bertz CT molecular complexity index is 777. The molecule has 0 bridgehead atoms. The van der Waals surface area contributed by atoms with Crippen LogP contribution in [0.3, 0.4) is 0 Å². The molecular weight excluding hydrogens is 333 g/mol. The Morgan fingerprint density at radius 2 is 1.81 bits per heavy atom. The minimum atomic E-state index is -0.614. The van der Waals surface area contributed by atoms with E-state index in [1.807, 2.05) is 41.3 Å². The molecule has 0 aromatic heterocycles. The molecule has 2 aliphatic heterocycles. The van der Waals surface area contributed by atoms with Gasteiger partial charge in [0.2, 0.25) is 6.10 Å². The third-order valence-corrected chi connectivity index (χ3v) is 5.11. The van der Waals surface area contributed by atoms with Crippen molar-refractivity contribution in [2.75, 3.05) is 19.7 Å². The first-order valence-electron chi connectivity index (χ1n) is 9.13. The second kappa shape index (κ2) is 7.36. The normalized spacial score (nSPS) is 22.6. The Morgan fingerprint density at radius 1 is 1.04 bits per heavy atom. The van der Waals surface area contributed by atoms with Gasteiger partial charge in [0.15, 0.2) is 11.5 Å². The molecule has 136 valence electrons. The van der Waals surface area contributed by atoms with Crippen LogP contribution in [-0.4, -0.2) is 36.6 Å². The number of nitrogens with zero attached hydrogens (tertiary/aromatic N) is 1. The number of halogens is 1. The predicted molar refractivity (Wildman–Crippen MR) is 95.9 cm³/mol. The van der Waals surface area contributed by atoms with Gasteiger partial charge in [0, 0.05) is 19.0 Å². The first kappa shape index (κ1) is 16.9. The van der Waals surface area contributed by atoms with Gasteiger partial charge in [-0.2, -0.15) is 0 Å². The molecule has 0 N–H and O–H groups in total. The van der Waals surface area contributed by atoms with E-state index in [4.69, 9.17) is 9.47 Å². The van der Waals surface area contributed by atoms with Crippen LogP contribution in [0.5, 0.6) is 11.5 Å². The van der Waals surface area contributed by atoms with Gasteiger partial charge in [0.25, 0.3) is 5.91 Å². The van der Waals surface area contributed by atoms with E-state index in [1.165, 1.54) is 12.1 Å². The monoisotopic (exact) mass is 355 g/mol. The van der Waals surface area contributed by atoms with E-state index >= 15 is 0 Å². The summed E-state index contributed by atoms with van der Waals surface area (Å²) in [6.45, 7) is 1.58. The molecule has 4 rings (SSSR count). The van der Waals surface area contributed by atoms with Crippen molar-refractivity contribution >= 4 is 5.91 Å². The van der Waals surface area contributed by atoms with Crippen LogP contribution in [-0.2, 0) is 4.79 Å². The number of rotatable bonds is 2. The minimum absolute atomic E-state index is 0.0338. The van der Waals surface area contributed by atoms with Crippen molar-refractivity contribution in [3.63, 3.8) is 0 Å². The van der Waals surface area contributed by atoms with Crippen LogP contribution >= 0.6 is 0 Å². The van der Waals surface area contributed by atoms with E-state index in [1.54, 1.807) is 0 Å². The molecular formula is C21H22FNO3. The maximum Gasteiger partial charge on any atom is 0.267 e. The maximum atomic E-state index is 13.2. The SMILES string of the molecule is O=C(C1COc2ccccc2O1)N1CCCCC(c2ccc(F)cc2)C1. The highest BCUT2D eigenvalue weighted by Gasteiger charge is 2.33. The average Bonchev–Trinajstić information content (AvgIpc) is 2.94. The average molecular weight is 355 g/mol. The summed E-state index contributed by atoms with van der Waals surface area (Å²) in [4.78, 5) is 14.9. The van der Waals surface area contributed by atoms with Crippen molar-refractivity contribution in [1.29, 1.82) is 0 Å². The number of amides is 1. The second-order valence-corrected chi connectivity index (χ2v) is 6.89. The summed E-state index contributed by atoms with van der Waals surface area (Å²) in [5.74, 6) is 1.24. The quantitative estimate of drug-likeness (QED) is 0.823. The molecule has 0 radical (unpaired) electrons. The lowest BCUT2D eigenvalue weighted by Gasteiger charge is -2.31. The molecule has 26 heavy (non-hydrogen) atoms. The Morgan fingerprint density at radius 3 is 2.62 bits per heavy atom. The molecule has 1 amide bonds. The van der Waals surface area contributed by atoms with Crippen LogP contribution in [0.1, 0.15) is 30.7 Å². The Kier molecular flexibility index (Phi) is 4.78. The maximum absolute atomic E-state index is 13.2. The van der Waals surface area contributed by atoms with Gasteiger partial charge in [0.1, 0.15) is 12.4 Å². The Balaban J connectivity index is 1.47. The summed E-state index contributed by atoms with van der Waals surface area (Å²) in [7, 11) is 0. The largest absolute Gasteiger partial charge is 0.485 e. The lowest BCUT2D eigenvalue weighted by Crippen LogP contribution is -2.47. The molecule has 1 fully saturated rings. The van der Waals surface area contributed by atoms with Crippen LogP contribution in [0, 0.1) is 5.82 Å². The summed E-state index contributed by atoms with van der Waals surface area (Å²) in [6.07, 6.45) is 2.40.